The van der Waals surface area contributed by atoms with Gasteiger partial charge in [0.15, 0.2) is 0 Å². The van der Waals surface area contributed by atoms with Crippen LogP contribution in [0.1, 0.15) is 57.9 Å². The average molecular weight is 295 g/mol. The van der Waals surface area contributed by atoms with E-state index in [1.807, 2.05) is 0 Å². The highest BCUT2D eigenvalue weighted by molar-refractivity contribution is 7.10. The van der Waals surface area contributed by atoms with Crippen molar-refractivity contribution in [3.8, 4) is 0 Å². The highest BCUT2D eigenvalue weighted by Gasteiger charge is 2.34. The van der Waals surface area contributed by atoms with Gasteiger partial charge in [-0.3, -0.25) is 0 Å². The first-order chi connectivity index (χ1) is 9.49. The summed E-state index contributed by atoms with van der Waals surface area (Å²) in [4.78, 5) is 1.26. The van der Waals surface area contributed by atoms with Gasteiger partial charge in [0.1, 0.15) is 6.10 Å². The fraction of sp³-hybridized carbons (Fsp3) is 0.765. The zero-order valence-electron chi connectivity index (χ0n) is 13.2. The van der Waals surface area contributed by atoms with Crippen molar-refractivity contribution >= 4 is 11.3 Å². The maximum atomic E-state index is 6.53. The summed E-state index contributed by atoms with van der Waals surface area (Å²) in [6.07, 6.45) is 4.21. The second-order valence-electron chi connectivity index (χ2n) is 6.80. The molecule has 1 fully saturated rings. The fourth-order valence-corrected chi connectivity index (χ4v) is 4.24. The van der Waals surface area contributed by atoms with Gasteiger partial charge >= 0.3 is 0 Å². The fourth-order valence-electron chi connectivity index (χ4n) is 3.36. The first-order valence-electron chi connectivity index (χ1n) is 7.93. The van der Waals surface area contributed by atoms with Crippen LogP contribution in [0.5, 0.6) is 0 Å². The number of hydrogen-bond donors (Lipinski definition) is 1. The highest BCUT2D eigenvalue weighted by Crippen LogP contribution is 2.38. The van der Waals surface area contributed by atoms with Crippen molar-refractivity contribution in [3.63, 3.8) is 0 Å². The van der Waals surface area contributed by atoms with Gasteiger partial charge in [0, 0.05) is 10.9 Å². The Morgan fingerprint density at radius 2 is 2.05 bits per heavy atom. The van der Waals surface area contributed by atoms with Crippen molar-refractivity contribution in [2.24, 2.45) is 23.5 Å². The number of rotatable bonds is 5. The molecular formula is C17H29NOS. The molecule has 1 aliphatic carbocycles. The predicted octanol–water partition coefficient (Wildman–Crippen LogP) is 4.61. The molecule has 2 nitrogen and oxygen atoms in total. The Bertz CT molecular complexity index is 388. The molecule has 1 aromatic heterocycles. The van der Waals surface area contributed by atoms with Crippen LogP contribution in [0.25, 0.3) is 0 Å². The van der Waals surface area contributed by atoms with Crippen molar-refractivity contribution in [2.75, 3.05) is 0 Å². The molecule has 0 aliphatic heterocycles. The van der Waals surface area contributed by atoms with Crippen molar-refractivity contribution in [1.29, 1.82) is 0 Å². The summed E-state index contributed by atoms with van der Waals surface area (Å²) >= 11 is 1.75. The summed E-state index contributed by atoms with van der Waals surface area (Å²) < 4.78 is 6.53. The zero-order valence-corrected chi connectivity index (χ0v) is 14.0. The summed E-state index contributed by atoms with van der Waals surface area (Å²) in [5.74, 6) is 2.13. The molecule has 0 amide bonds. The lowest BCUT2D eigenvalue weighted by Crippen LogP contribution is -2.38. The maximum Gasteiger partial charge on any atom is 0.107 e. The van der Waals surface area contributed by atoms with Gasteiger partial charge in [-0.2, -0.15) is 0 Å². The molecule has 0 aromatic carbocycles. The van der Waals surface area contributed by atoms with Crippen LogP contribution in [-0.2, 0) is 4.74 Å². The molecule has 114 valence electrons. The molecule has 0 saturated heterocycles. The smallest absolute Gasteiger partial charge is 0.107 e. The third kappa shape index (κ3) is 3.84. The van der Waals surface area contributed by atoms with Crippen LogP contribution in [0.2, 0.25) is 0 Å². The maximum absolute atomic E-state index is 6.53. The number of nitrogens with two attached hydrogens (primary N) is 1. The van der Waals surface area contributed by atoms with Gasteiger partial charge in [-0.25, -0.2) is 0 Å². The van der Waals surface area contributed by atoms with E-state index in [0.717, 1.165) is 5.92 Å². The molecule has 0 radical (unpaired) electrons. The Morgan fingerprint density at radius 1 is 1.30 bits per heavy atom. The van der Waals surface area contributed by atoms with E-state index in [1.54, 1.807) is 11.3 Å². The second kappa shape index (κ2) is 7.06. The number of thiophene rings is 1. The summed E-state index contributed by atoms with van der Waals surface area (Å²) in [5.41, 5.74) is 6.18. The summed E-state index contributed by atoms with van der Waals surface area (Å²) in [6.45, 7) is 9.05. The Labute approximate surface area is 127 Å². The van der Waals surface area contributed by atoms with Gasteiger partial charge in [-0.15, -0.1) is 11.3 Å². The van der Waals surface area contributed by atoms with E-state index in [4.69, 9.17) is 10.5 Å². The quantitative estimate of drug-likeness (QED) is 0.860. The minimum Gasteiger partial charge on any atom is -0.368 e. The van der Waals surface area contributed by atoms with E-state index in [9.17, 15) is 0 Å². The summed E-state index contributed by atoms with van der Waals surface area (Å²) in [7, 11) is 0. The topological polar surface area (TPSA) is 35.2 Å². The molecule has 1 saturated carbocycles. The molecule has 5 atom stereocenters. The van der Waals surface area contributed by atoms with Crippen molar-refractivity contribution in [3.05, 3.63) is 22.4 Å². The lowest BCUT2D eigenvalue weighted by atomic mass is 9.75. The molecular weight excluding hydrogens is 266 g/mol. The minimum absolute atomic E-state index is 0.0405. The number of hydrogen-bond acceptors (Lipinski definition) is 3. The van der Waals surface area contributed by atoms with Gasteiger partial charge in [-0.05, 0) is 49.0 Å². The van der Waals surface area contributed by atoms with Crippen molar-refractivity contribution in [2.45, 2.75) is 65.2 Å². The molecule has 0 bridgehead atoms. The Kier molecular flexibility index (Phi) is 5.65. The van der Waals surface area contributed by atoms with Gasteiger partial charge in [0.25, 0.3) is 0 Å². The molecule has 1 aromatic rings. The van der Waals surface area contributed by atoms with Crippen LogP contribution in [-0.4, -0.2) is 12.1 Å². The third-order valence-corrected chi connectivity index (χ3v) is 5.52. The van der Waals surface area contributed by atoms with E-state index < -0.39 is 0 Å². The lowest BCUT2D eigenvalue weighted by Gasteiger charge is -2.39. The van der Waals surface area contributed by atoms with E-state index >= 15 is 0 Å². The normalized spacial score (nSPS) is 30.4. The Balaban J connectivity index is 2.11. The van der Waals surface area contributed by atoms with Gasteiger partial charge in [0.2, 0.25) is 0 Å². The van der Waals surface area contributed by atoms with Crippen LogP contribution in [0.4, 0.5) is 0 Å². The van der Waals surface area contributed by atoms with Crippen LogP contribution >= 0.6 is 11.3 Å². The van der Waals surface area contributed by atoms with Crippen LogP contribution in [0.3, 0.4) is 0 Å². The van der Waals surface area contributed by atoms with E-state index in [0.29, 0.717) is 17.9 Å². The predicted molar refractivity (Wildman–Crippen MR) is 86.9 cm³/mol. The molecule has 3 heteroatoms. The first kappa shape index (κ1) is 16.0. The largest absolute Gasteiger partial charge is 0.368 e. The Hall–Kier alpha value is -0.380. The molecule has 1 heterocycles. The molecule has 5 unspecified atom stereocenters. The standard InChI is InChI=1S/C17H29NOS/c1-11(2)14-8-7-12(3)10-15(14)19-17(13(4)18)16-6-5-9-20-16/h5-6,9,11-15,17H,7-8,10,18H2,1-4H3. The molecule has 1 aliphatic rings. The minimum atomic E-state index is 0.0405. The third-order valence-electron chi connectivity index (χ3n) is 4.58. The van der Waals surface area contributed by atoms with E-state index in [2.05, 4.69) is 45.2 Å². The van der Waals surface area contributed by atoms with E-state index in [1.165, 1.54) is 24.1 Å². The highest BCUT2D eigenvalue weighted by atomic mass is 32.1. The van der Waals surface area contributed by atoms with Crippen LogP contribution in [0, 0.1) is 17.8 Å². The molecule has 2 N–H and O–H groups in total. The first-order valence-corrected chi connectivity index (χ1v) is 8.81. The SMILES string of the molecule is CC1CCC(C(C)C)C(OC(c2cccs2)C(C)N)C1. The second-order valence-corrected chi connectivity index (χ2v) is 7.78. The molecule has 20 heavy (non-hydrogen) atoms. The Morgan fingerprint density at radius 3 is 2.60 bits per heavy atom. The summed E-state index contributed by atoms with van der Waals surface area (Å²) in [6, 6.07) is 4.27. The van der Waals surface area contributed by atoms with Crippen LogP contribution < -0.4 is 5.73 Å². The molecule has 0 spiro atoms. The lowest BCUT2D eigenvalue weighted by molar-refractivity contribution is -0.0872. The van der Waals surface area contributed by atoms with E-state index in [-0.39, 0.29) is 12.1 Å². The number of ether oxygens (including phenoxy) is 1. The van der Waals surface area contributed by atoms with Crippen molar-refractivity contribution in [1.82, 2.24) is 0 Å². The van der Waals surface area contributed by atoms with Crippen molar-refractivity contribution < 1.29 is 4.74 Å². The molecule has 2 rings (SSSR count). The monoisotopic (exact) mass is 295 g/mol. The summed E-state index contributed by atoms with van der Waals surface area (Å²) in [5, 5.41) is 2.11. The average Bonchev–Trinajstić information content (AvgIpc) is 2.88. The van der Waals surface area contributed by atoms with Crippen LogP contribution in [0.15, 0.2) is 17.5 Å². The van der Waals surface area contributed by atoms with Gasteiger partial charge in [-0.1, -0.05) is 33.3 Å². The van der Waals surface area contributed by atoms with Gasteiger partial charge < -0.3 is 10.5 Å². The zero-order chi connectivity index (χ0) is 14.7. The van der Waals surface area contributed by atoms with Gasteiger partial charge in [0.05, 0.1) is 6.10 Å².